The van der Waals surface area contributed by atoms with Gasteiger partial charge in [0.15, 0.2) is 0 Å². The van der Waals surface area contributed by atoms with Crippen LogP contribution in [0.3, 0.4) is 0 Å². The maximum Gasteiger partial charge on any atom is 0.303 e. The zero-order valence-electron chi connectivity index (χ0n) is 13.0. The molecule has 21 heavy (non-hydrogen) atoms. The van der Waals surface area contributed by atoms with Crippen LogP contribution in [0.2, 0.25) is 0 Å². The van der Waals surface area contributed by atoms with Crippen molar-refractivity contribution in [2.45, 2.75) is 32.1 Å². The van der Waals surface area contributed by atoms with Gasteiger partial charge in [0.25, 0.3) is 0 Å². The first-order chi connectivity index (χ1) is 9.85. The Balaban J connectivity index is 0.000000384. The van der Waals surface area contributed by atoms with Gasteiger partial charge in [-0.3, -0.25) is 10.3 Å². The minimum atomic E-state index is -4.27. The SMILES string of the molecule is CCC[NH+]=C(NCC)SC.Cc1ccc(S(=O)(=O)[O-])cc1. The number of amidine groups is 1. The second-order valence-electron chi connectivity index (χ2n) is 4.26. The first-order valence-electron chi connectivity index (χ1n) is 6.76. The van der Waals surface area contributed by atoms with E-state index < -0.39 is 10.1 Å². The topological polar surface area (TPSA) is 83.2 Å². The molecule has 0 unspecified atom stereocenters. The number of hydrogen-bond donors (Lipinski definition) is 2. The van der Waals surface area contributed by atoms with Crippen molar-refractivity contribution in [2.75, 3.05) is 19.3 Å². The van der Waals surface area contributed by atoms with Crippen LogP contribution in [-0.2, 0) is 10.1 Å². The molecule has 120 valence electrons. The molecule has 0 spiro atoms. The highest BCUT2D eigenvalue weighted by Crippen LogP contribution is 2.08. The van der Waals surface area contributed by atoms with Crippen LogP contribution >= 0.6 is 11.8 Å². The Kier molecular flexibility index (Phi) is 10.1. The van der Waals surface area contributed by atoms with Crippen LogP contribution in [0.5, 0.6) is 0 Å². The van der Waals surface area contributed by atoms with E-state index in [0.717, 1.165) is 18.7 Å². The van der Waals surface area contributed by atoms with Gasteiger partial charge in [-0.2, -0.15) is 0 Å². The van der Waals surface area contributed by atoms with Crippen LogP contribution in [-0.4, -0.2) is 37.5 Å². The van der Waals surface area contributed by atoms with Crippen molar-refractivity contribution in [3.63, 3.8) is 0 Å². The minimum absolute atomic E-state index is 0.178. The summed E-state index contributed by atoms with van der Waals surface area (Å²) < 4.78 is 31.2. The molecule has 0 aliphatic heterocycles. The molecule has 0 heterocycles. The molecular weight excluding hydrogens is 308 g/mol. The molecule has 0 radical (unpaired) electrons. The predicted octanol–water partition coefficient (Wildman–Crippen LogP) is 0.705. The fourth-order valence-corrected chi connectivity index (χ4v) is 2.32. The third-order valence-electron chi connectivity index (χ3n) is 2.39. The van der Waals surface area contributed by atoms with Crippen molar-refractivity contribution in [3.8, 4) is 0 Å². The summed E-state index contributed by atoms with van der Waals surface area (Å²) in [5, 5.41) is 4.42. The van der Waals surface area contributed by atoms with Gasteiger partial charge >= 0.3 is 5.17 Å². The van der Waals surface area contributed by atoms with Gasteiger partial charge in [-0.1, -0.05) is 24.6 Å². The lowest BCUT2D eigenvalue weighted by Crippen LogP contribution is -2.75. The van der Waals surface area contributed by atoms with Crippen molar-refractivity contribution >= 4 is 27.0 Å². The fraction of sp³-hybridized carbons (Fsp3) is 0.500. The molecular formula is C14H24N2O3S2. The highest BCUT2D eigenvalue weighted by atomic mass is 32.2. The predicted molar refractivity (Wildman–Crippen MR) is 87.5 cm³/mol. The molecule has 0 aromatic heterocycles. The minimum Gasteiger partial charge on any atom is -0.744 e. The maximum atomic E-state index is 10.4. The smallest absolute Gasteiger partial charge is 0.303 e. The van der Waals surface area contributed by atoms with Crippen LogP contribution in [0.15, 0.2) is 29.2 Å². The molecule has 0 amide bonds. The molecule has 2 N–H and O–H groups in total. The van der Waals surface area contributed by atoms with Gasteiger partial charge in [0.1, 0.15) is 10.1 Å². The van der Waals surface area contributed by atoms with Crippen LogP contribution in [0, 0.1) is 6.92 Å². The Hall–Kier alpha value is -1.05. The first-order valence-corrected chi connectivity index (χ1v) is 9.39. The molecule has 7 heteroatoms. The molecule has 0 saturated carbocycles. The van der Waals surface area contributed by atoms with Crippen molar-refractivity contribution < 1.29 is 18.0 Å². The van der Waals surface area contributed by atoms with Gasteiger partial charge in [0, 0.05) is 0 Å². The van der Waals surface area contributed by atoms with Gasteiger partial charge in [-0.25, -0.2) is 8.42 Å². The van der Waals surface area contributed by atoms with Gasteiger partial charge in [-0.05, 0) is 50.4 Å². The molecule has 0 atom stereocenters. The average Bonchev–Trinajstić information content (AvgIpc) is 2.43. The first kappa shape index (κ1) is 19.9. The molecule has 1 aromatic carbocycles. The Labute approximate surface area is 132 Å². The zero-order chi connectivity index (χ0) is 16.3. The number of hydrogen-bond acceptors (Lipinski definition) is 4. The standard InChI is InChI=1S/C7H16N2S.C7H8O3S/c1-4-6-9-7(10-3)8-5-2;1-6-2-4-7(5-3-6)11(8,9)10/h4-6H2,1-3H3,(H,8,9);2-5H,1H3,(H,8,9,10). The van der Waals surface area contributed by atoms with Crippen LogP contribution < -0.4 is 10.3 Å². The molecule has 0 aliphatic carbocycles. The number of thioether (sulfide) groups is 1. The normalized spacial score (nSPS) is 11.6. The third-order valence-corrected chi connectivity index (χ3v) is 3.93. The summed E-state index contributed by atoms with van der Waals surface area (Å²) >= 11 is 1.73. The monoisotopic (exact) mass is 332 g/mol. The zero-order valence-corrected chi connectivity index (χ0v) is 14.6. The summed E-state index contributed by atoms with van der Waals surface area (Å²) in [4.78, 5) is 3.11. The largest absolute Gasteiger partial charge is 0.744 e. The van der Waals surface area contributed by atoms with Crippen molar-refractivity contribution in [1.82, 2.24) is 5.32 Å². The van der Waals surface area contributed by atoms with E-state index in [0.29, 0.717) is 0 Å². The Morgan fingerprint density at radius 2 is 1.86 bits per heavy atom. The molecule has 1 rings (SSSR count). The van der Waals surface area contributed by atoms with Gasteiger partial charge in [0.05, 0.1) is 18.0 Å². The lowest BCUT2D eigenvalue weighted by atomic mass is 10.2. The second-order valence-corrected chi connectivity index (χ2v) is 6.45. The molecule has 0 aliphatic rings. The van der Waals surface area contributed by atoms with Gasteiger partial charge < -0.3 is 4.55 Å². The van der Waals surface area contributed by atoms with Crippen molar-refractivity contribution in [3.05, 3.63) is 29.8 Å². The van der Waals surface area contributed by atoms with E-state index in [4.69, 9.17) is 0 Å². The summed E-state index contributed by atoms with van der Waals surface area (Å²) in [6.45, 7) is 8.14. The van der Waals surface area contributed by atoms with E-state index in [1.807, 2.05) is 6.92 Å². The van der Waals surface area contributed by atoms with Gasteiger partial charge in [-0.15, -0.1) is 0 Å². The summed E-state index contributed by atoms with van der Waals surface area (Å²) in [7, 11) is -4.27. The van der Waals surface area contributed by atoms with Crippen molar-refractivity contribution in [1.29, 1.82) is 0 Å². The number of nitrogens with one attached hydrogen (secondary N) is 2. The molecule has 0 saturated heterocycles. The van der Waals surface area contributed by atoms with E-state index in [2.05, 4.69) is 30.4 Å². The Morgan fingerprint density at radius 3 is 2.24 bits per heavy atom. The number of rotatable bonds is 4. The molecule has 1 aromatic rings. The summed E-state index contributed by atoms with van der Waals surface area (Å²) in [5.41, 5.74) is 0.928. The van der Waals surface area contributed by atoms with E-state index in [1.54, 1.807) is 23.9 Å². The molecule has 0 fully saturated rings. The van der Waals surface area contributed by atoms with Crippen LogP contribution in [0.4, 0.5) is 0 Å². The van der Waals surface area contributed by atoms with Crippen LogP contribution in [0.25, 0.3) is 0 Å². The summed E-state index contributed by atoms with van der Waals surface area (Å²) in [5.74, 6) is 0. The van der Waals surface area contributed by atoms with E-state index in [9.17, 15) is 13.0 Å². The Bertz CT molecular complexity index is 526. The maximum absolute atomic E-state index is 10.4. The number of aryl methyl sites for hydroxylation is 1. The Morgan fingerprint density at radius 1 is 1.29 bits per heavy atom. The summed E-state index contributed by atoms with van der Waals surface area (Å²) in [6.07, 6.45) is 3.25. The van der Waals surface area contributed by atoms with E-state index in [-0.39, 0.29) is 4.90 Å². The van der Waals surface area contributed by atoms with E-state index in [1.165, 1.54) is 23.7 Å². The average molecular weight is 332 g/mol. The quantitative estimate of drug-likeness (QED) is 0.482. The second kappa shape index (κ2) is 10.6. The third kappa shape index (κ3) is 9.49. The highest BCUT2D eigenvalue weighted by molar-refractivity contribution is 8.12. The van der Waals surface area contributed by atoms with Gasteiger partial charge in [0.2, 0.25) is 0 Å². The van der Waals surface area contributed by atoms with Crippen molar-refractivity contribution in [2.24, 2.45) is 0 Å². The van der Waals surface area contributed by atoms with E-state index >= 15 is 0 Å². The highest BCUT2D eigenvalue weighted by Gasteiger charge is 1.98. The fourth-order valence-electron chi connectivity index (χ4n) is 1.31. The lowest BCUT2D eigenvalue weighted by Gasteiger charge is -2.05. The van der Waals surface area contributed by atoms with Crippen LogP contribution in [0.1, 0.15) is 25.8 Å². The summed E-state index contributed by atoms with van der Waals surface area (Å²) in [6, 6.07) is 5.78. The number of benzene rings is 1. The molecule has 0 bridgehead atoms. The molecule has 5 nitrogen and oxygen atoms in total. The lowest BCUT2D eigenvalue weighted by molar-refractivity contribution is -0.456.